The summed E-state index contributed by atoms with van der Waals surface area (Å²) in [6.45, 7) is 1.98. The maximum Gasteiger partial charge on any atom is 0.313 e. The maximum atomic E-state index is 13.5. The molecule has 1 aromatic carbocycles. The van der Waals surface area contributed by atoms with Crippen molar-refractivity contribution in [1.82, 2.24) is 14.8 Å². The first-order valence-electron chi connectivity index (χ1n) is 6.27. The zero-order valence-corrected chi connectivity index (χ0v) is 12.8. The van der Waals surface area contributed by atoms with Crippen LogP contribution in [0.4, 0.5) is 4.39 Å². The minimum absolute atomic E-state index is 0.156. The molecule has 1 heterocycles. The van der Waals surface area contributed by atoms with Crippen LogP contribution in [0.2, 0.25) is 5.02 Å². The molecule has 21 heavy (non-hydrogen) atoms. The Bertz CT molecular complexity index is 663. The Labute approximate surface area is 130 Å². The summed E-state index contributed by atoms with van der Waals surface area (Å²) in [6.07, 6.45) is 1.46. The van der Waals surface area contributed by atoms with Crippen molar-refractivity contribution in [3.8, 4) is 5.69 Å². The third-order valence-corrected chi connectivity index (χ3v) is 3.88. The van der Waals surface area contributed by atoms with Gasteiger partial charge in [-0.15, -0.1) is 10.2 Å². The molecule has 0 spiro atoms. The summed E-state index contributed by atoms with van der Waals surface area (Å²) >= 11 is 7.15. The molecule has 0 aliphatic rings. The number of benzene rings is 1. The van der Waals surface area contributed by atoms with Crippen LogP contribution in [0.25, 0.3) is 5.69 Å². The second-order valence-corrected chi connectivity index (χ2v) is 5.61. The zero-order chi connectivity index (χ0) is 15.4. The molecule has 5 nitrogen and oxygen atoms in total. The number of carboxylic acids is 1. The lowest BCUT2D eigenvalue weighted by Gasteiger charge is -2.11. The van der Waals surface area contributed by atoms with E-state index >= 15 is 0 Å². The molecule has 0 unspecified atom stereocenters. The highest BCUT2D eigenvalue weighted by atomic mass is 35.5. The summed E-state index contributed by atoms with van der Waals surface area (Å²) in [4.78, 5) is 10.7. The predicted molar refractivity (Wildman–Crippen MR) is 78.7 cm³/mol. The number of aryl methyl sites for hydroxylation is 1. The van der Waals surface area contributed by atoms with E-state index in [-0.39, 0.29) is 5.75 Å². The van der Waals surface area contributed by atoms with Gasteiger partial charge in [0.05, 0.1) is 16.5 Å². The van der Waals surface area contributed by atoms with Gasteiger partial charge < -0.3 is 5.11 Å². The van der Waals surface area contributed by atoms with Crippen LogP contribution in [-0.4, -0.2) is 31.6 Å². The first-order valence-corrected chi connectivity index (χ1v) is 7.63. The Morgan fingerprint density at radius 3 is 2.90 bits per heavy atom. The molecule has 1 aromatic heterocycles. The summed E-state index contributed by atoms with van der Waals surface area (Å²) in [6, 6.07) is 4.00. The lowest BCUT2D eigenvalue weighted by molar-refractivity contribution is -0.133. The van der Waals surface area contributed by atoms with Gasteiger partial charge >= 0.3 is 5.97 Å². The van der Waals surface area contributed by atoms with Crippen LogP contribution in [0.3, 0.4) is 0 Å². The van der Waals surface area contributed by atoms with E-state index in [1.807, 2.05) is 6.92 Å². The molecule has 0 atom stereocenters. The average Bonchev–Trinajstić information content (AvgIpc) is 2.82. The van der Waals surface area contributed by atoms with Crippen LogP contribution in [-0.2, 0) is 11.2 Å². The second-order valence-electron chi connectivity index (χ2n) is 4.26. The number of thioether (sulfide) groups is 1. The molecule has 0 aliphatic heterocycles. The minimum Gasteiger partial charge on any atom is -0.481 e. The summed E-state index contributed by atoms with van der Waals surface area (Å²) in [5, 5.41) is 17.6. The van der Waals surface area contributed by atoms with Gasteiger partial charge in [0.1, 0.15) is 11.6 Å². The van der Waals surface area contributed by atoms with Gasteiger partial charge in [0.25, 0.3) is 0 Å². The van der Waals surface area contributed by atoms with E-state index in [4.69, 9.17) is 16.7 Å². The fourth-order valence-electron chi connectivity index (χ4n) is 1.80. The molecule has 2 aromatic rings. The quantitative estimate of drug-likeness (QED) is 0.824. The van der Waals surface area contributed by atoms with Crippen LogP contribution < -0.4 is 0 Å². The molecule has 0 radical (unpaired) electrons. The number of hydrogen-bond acceptors (Lipinski definition) is 4. The number of carbonyl (C=O) groups is 1. The first-order chi connectivity index (χ1) is 10.0. The molecule has 1 N–H and O–H groups in total. The van der Waals surface area contributed by atoms with Crippen LogP contribution in [0, 0.1) is 5.82 Å². The van der Waals surface area contributed by atoms with Gasteiger partial charge in [-0.25, -0.2) is 4.39 Å². The van der Waals surface area contributed by atoms with Crippen molar-refractivity contribution in [2.45, 2.75) is 24.9 Å². The molecular formula is C13H13ClFN3O2S. The fraction of sp³-hybridized carbons (Fsp3) is 0.308. The third kappa shape index (κ3) is 3.74. The van der Waals surface area contributed by atoms with Crippen molar-refractivity contribution in [3.63, 3.8) is 0 Å². The van der Waals surface area contributed by atoms with E-state index in [2.05, 4.69) is 10.2 Å². The highest BCUT2D eigenvalue weighted by Crippen LogP contribution is 2.28. The van der Waals surface area contributed by atoms with Gasteiger partial charge in [-0.05, 0) is 24.6 Å². The SMILES string of the molecule is CCCc1nnc(SCC(=O)O)n1-c1cc(F)ccc1Cl. The summed E-state index contributed by atoms with van der Waals surface area (Å²) in [7, 11) is 0. The largest absolute Gasteiger partial charge is 0.481 e. The number of aromatic nitrogens is 3. The molecular weight excluding hydrogens is 317 g/mol. The van der Waals surface area contributed by atoms with E-state index in [0.29, 0.717) is 28.1 Å². The van der Waals surface area contributed by atoms with Gasteiger partial charge in [-0.2, -0.15) is 0 Å². The van der Waals surface area contributed by atoms with Gasteiger partial charge in [0.15, 0.2) is 5.16 Å². The Morgan fingerprint density at radius 1 is 1.48 bits per heavy atom. The molecule has 0 fully saturated rings. The van der Waals surface area contributed by atoms with E-state index < -0.39 is 11.8 Å². The Kier molecular flexibility index (Phi) is 5.19. The number of carboxylic acid groups (broad SMARTS) is 1. The Hall–Kier alpha value is -1.60. The average molecular weight is 330 g/mol. The monoisotopic (exact) mass is 329 g/mol. The summed E-state index contributed by atoms with van der Waals surface area (Å²) in [5.74, 6) is -0.924. The van der Waals surface area contributed by atoms with Crippen molar-refractivity contribution in [1.29, 1.82) is 0 Å². The molecule has 112 valence electrons. The van der Waals surface area contributed by atoms with Crippen molar-refractivity contribution in [2.75, 3.05) is 5.75 Å². The number of halogens is 2. The normalized spacial score (nSPS) is 10.8. The van der Waals surface area contributed by atoms with Crippen LogP contribution >= 0.6 is 23.4 Å². The summed E-state index contributed by atoms with van der Waals surface area (Å²) in [5.41, 5.74) is 0.415. The van der Waals surface area contributed by atoms with Gasteiger partial charge in [-0.1, -0.05) is 30.3 Å². The molecule has 8 heteroatoms. The number of hydrogen-bond donors (Lipinski definition) is 1. The van der Waals surface area contributed by atoms with Crippen LogP contribution in [0.5, 0.6) is 0 Å². The number of aliphatic carboxylic acids is 1. The Balaban J connectivity index is 2.49. The maximum absolute atomic E-state index is 13.5. The van der Waals surface area contributed by atoms with E-state index in [1.54, 1.807) is 4.57 Å². The first kappa shape index (κ1) is 15.8. The minimum atomic E-state index is -0.961. The van der Waals surface area contributed by atoms with Crippen LogP contribution in [0.15, 0.2) is 23.4 Å². The lowest BCUT2D eigenvalue weighted by Crippen LogP contribution is -2.06. The summed E-state index contributed by atoms with van der Waals surface area (Å²) < 4.78 is 15.1. The Morgan fingerprint density at radius 2 is 2.24 bits per heavy atom. The van der Waals surface area contributed by atoms with Crippen LogP contribution in [0.1, 0.15) is 19.2 Å². The predicted octanol–water partition coefficient (Wildman–Crippen LogP) is 3.19. The van der Waals surface area contributed by atoms with Crippen molar-refractivity contribution in [2.24, 2.45) is 0 Å². The van der Waals surface area contributed by atoms with Gasteiger partial charge in [0, 0.05) is 6.42 Å². The number of nitrogens with zero attached hydrogens (tertiary/aromatic N) is 3. The second kappa shape index (κ2) is 6.91. The highest BCUT2D eigenvalue weighted by Gasteiger charge is 2.17. The lowest BCUT2D eigenvalue weighted by atomic mass is 10.2. The van der Waals surface area contributed by atoms with Gasteiger partial charge in [-0.3, -0.25) is 9.36 Å². The third-order valence-electron chi connectivity index (χ3n) is 2.65. The number of rotatable bonds is 6. The topological polar surface area (TPSA) is 68.0 Å². The standard InChI is InChI=1S/C13H13ClFN3O2S/c1-2-3-11-16-17-13(21-7-12(19)20)18(11)10-6-8(15)4-5-9(10)14/h4-6H,2-3,7H2,1H3,(H,19,20). The highest BCUT2D eigenvalue weighted by molar-refractivity contribution is 7.99. The van der Waals surface area contributed by atoms with Crippen molar-refractivity contribution >= 4 is 29.3 Å². The van der Waals surface area contributed by atoms with Crippen molar-refractivity contribution in [3.05, 3.63) is 34.9 Å². The fourth-order valence-corrected chi connectivity index (χ4v) is 2.69. The zero-order valence-electron chi connectivity index (χ0n) is 11.2. The molecule has 0 amide bonds. The smallest absolute Gasteiger partial charge is 0.313 e. The molecule has 0 aliphatic carbocycles. The van der Waals surface area contributed by atoms with E-state index in [0.717, 1.165) is 18.2 Å². The molecule has 0 saturated carbocycles. The van der Waals surface area contributed by atoms with Crippen molar-refractivity contribution < 1.29 is 14.3 Å². The van der Waals surface area contributed by atoms with E-state index in [1.165, 1.54) is 18.2 Å². The van der Waals surface area contributed by atoms with Gasteiger partial charge in [0.2, 0.25) is 0 Å². The van der Waals surface area contributed by atoms with E-state index in [9.17, 15) is 9.18 Å². The molecule has 0 bridgehead atoms. The molecule has 2 rings (SSSR count). The molecule has 0 saturated heterocycles.